The van der Waals surface area contributed by atoms with Crippen molar-refractivity contribution in [3.05, 3.63) is 23.9 Å². The van der Waals surface area contributed by atoms with Crippen molar-refractivity contribution in [3.8, 4) is 0 Å². The highest BCUT2D eigenvalue weighted by molar-refractivity contribution is 5.49. The molecule has 1 fully saturated rings. The summed E-state index contributed by atoms with van der Waals surface area (Å²) in [5.74, 6) is -0.0660. The molecule has 0 spiro atoms. The Balaban J connectivity index is 2.37. The third-order valence-electron chi connectivity index (χ3n) is 2.86. The Morgan fingerprint density at radius 2 is 2.28 bits per heavy atom. The fraction of sp³-hybridized carbons (Fsp3) is 0.545. The zero-order valence-electron chi connectivity index (χ0n) is 9.65. The minimum absolute atomic E-state index is 0.0660. The van der Waals surface area contributed by atoms with Crippen LogP contribution in [0.25, 0.3) is 0 Å². The number of ether oxygens (including phenoxy) is 1. The normalized spacial score (nSPS) is 21.1. The van der Waals surface area contributed by atoms with Gasteiger partial charge in [-0.25, -0.2) is 4.98 Å². The number of hydrogen-bond donors (Lipinski definition) is 1. The number of nitrogens with two attached hydrogens (primary N) is 1. The second kappa shape index (κ2) is 5.11. The highest BCUT2D eigenvalue weighted by Crippen LogP contribution is 2.35. The highest BCUT2D eigenvalue weighted by atomic mass is 19.4. The quantitative estimate of drug-likeness (QED) is 0.871. The van der Waals surface area contributed by atoms with Gasteiger partial charge in [0.25, 0.3) is 0 Å². The first-order valence-corrected chi connectivity index (χ1v) is 5.60. The zero-order valence-corrected chi connectivity index (χ0v) is 9.65. The largest absolute Gasteiger partial charge is 0.419 e. The monoisotopic (exact) mass is 261 g/mol. The minimum Gasteiger partial charge on any atom is -0.377 e. The summed E-state index contributed by atoms with van der Waals surface area (Å²) >= 11 is 0. The number of pyridine rings is 1. The van der Waals surface area contributed by atoms with Crippen molar-refractivity contribution in [2.45, 2.75) is 12.2 Å². The number of aromatic nitrogens is 1. The van der Waals surface area contributed by atoms with E-state index in [9.17, 15) is 13.2 Å². The topological polar surface area (TPSA) is 51.4 Å². The van der Waals surface area contributed by atoms with Crippen LogP contribution in [0.1, 0.15) is 5.56 Å². The van der Waals surface area contributed by atoms with Crippen LogP contribution in [-0.4, -0.2) is 37.3 Å². The summed E-state index contributed by atoms with van der Waals surface area (Å²) in [7, 11) is 0. The van der Waals surface area contributed by atoms with E-state index >= 15 is 0 Å². The summed E-state index contributed by atoms with van der Waals surface area (Å²) in [5.41, 5.74) is 4.83. The molecule has 1 saturated heterocycles. The minimum atomic E-state index is -4.42. The highest BCUT2D eigenvalue weighted by Gasteiger charge is 2.37. The predicted molar refractivity (Wildman–Crippen MR) is 60.2 cm³/mol. The molecule has 2 heterocycles. The molecule has 7 heteroatoms. The molecule has 0 radical (unpaired) electrons. The number of halogens is 3. The summed E-state index contributed by atoms with van der Waals surface area (Å²) in [5, 5.41) is 0. The average molecular weight is 261 g/mol. The molecule has 1 aromatic heterocycles. The Morgan fingerprint density at radius 1 is 1.50 bits per heavy atom. The van der Waals surface area contributed by atoms with Gasteiger partial charge in [0.15, 0.2) is 0 Å². The Kier molecular flexibility index (Phi) is 3.72. The van der Waals surface area contributed by atoms with Crippen LogP contribution in [0.2, 0.25) is 0 Å². The molecule has 100 valence electrons. The third kappa shape index (κ3) is 2.56. The van der Waals surface area contributed by atoms with Crippen molar-refractivity contribution in [1.82, 2.24) is 4.98 Å². The van der Waals surface area contributed by atoms with Crippen LogP contribution in [-0.2, 0) is 10.9 Å². The summed E-state index contributed by atoms with van der Waals surface area (Å²) < 4.78 is 43.9. The van der Waals surface area contributed by atoms with Crippen LogP contribution in [0.3, 0.4) is 0 Å². The number of rotatable bonds is 2. The van der Waals surface area contributed by atoms with E-state index in [4.69, 9.17) is 10.5 Å². The van der Waals surface area contributed by atoms with Gasteiger partial charge in [-0.15, -0.1) is 0 Å². The Bertz CT molecular complexity index is 411. The van der Waals surface area contributed by atoms with Crippen LogP contribution in [0.5, 0.6) is 0 Å². The number of nitrogens with zero attached hydrogens (tertiary/aromatic N) is 2. The standard InChI is InChI=1S/C11H14F3N3O/c12-11(13,14)9-2-1-3-16-10(9)17-4-5-18-7-8(17)6-15/h1-3,8H,4-7,15H2. The SMILES string of the molecule is NCC1COCCN1c1ncccc1C(F)(F)F. The number of anilines is 1. The number of hydrogen-bond acceptors (Lipinski definition) is 4. The molecular formula is C11H14F3N3O. The first kappa shape index (κ1) is 13.1. The second-order valence-corrected chi connectivity index (χ2v) is 4.03. The summed E-state index contributed by atoms with van der Waals surface area (Å²) in [6, 6.07) is 2.05. The zero-order chi connectivity index (χ0) is 13.2. The molecule has 1 aromatic rings. The van der Waals surface area contributed by atoms with Gasteiger partial charge < -0.3 is 15.4 Å². The fourth-order valence-electron chi connectivity index (χ4n) is 1.98. The Labute approximate surface area is 103 Å². The van der Waals surface area contributed by atoms with Gasteiger partial charge in [0.2, 0.25) is 0 Å². The second-order valence-electron chi connectivity index (χ2n) is 4.03. The van der Waals surface area contributed by atoms with Crippen LogP contribution >= 0.6 is 0 Å². The maximum absolute atomic E-state index is 12.9. The first-order valence-electron chi connectivity index (χ1n) is 5.60. The van der Waals surface area contributed by atoms with Crippen molar-refractivity contribution >= 4 is 5.82 Å². The average Bonchev–Trinajstić information content (AvgIpc) is 2.37. The summed E-state index contributed by atoms with van der Waals surface area (Å²) in [6.45, 7) is 1.30. The maximum atomic E-state index is 12.9. The Hall–Kier alpha value is -1.34. The van der Waals surface area contributed by atoms with Crippen LogP contribution in [0, 0.1) is 0 Å². The van der Waals surface area contributed by atoms with Crippen molar-refractivity contribution in [1.29, 1.82) is 0 Å². The van der Waals surface area contributed by atoms with E-state index in [0.717, 1.165) is 6.07 Å². The van der Waals surface area contributed by atoms with E-state index in [1.807, 2.05) is 0 Å². The molecule has 2 rings (SSSR count). The molecular weight excluding hydrogens is 247 g/mol. The number of alkyl halides is 3. The van der Waals surface area contributed by atoms with Crippen molar-refractivity contribution in [2.75, 3.05) is 31.2 Å². The van der Waals surface area contributed by atoms with Gasteiger partial charge in [0.1, 0.15) is 5.82 Å². The van der Waals surface area contributed by atoms with Crippen LogP contribution < -0.4 is 10.6 Å². The lowest BCUT2D eigenvalue weighted by Gasteiger charge is -2.36. The van der Waals surface area contributed by atoms with E-state index in [0.29, 0.717) is 19.8 Å². The van der Waals surface area contributed by atoms with Gasteiger partial charge in [-0.1, -0.05) is 0 Å². The lowest BCUT2D eigenvalue weighted by atomic mass is 10.1. The molecule has 1 atom stereocenters. The molecule has 0 saturated carbocycles. The Morgan fingerprint density at radius 3 is 2.94 bits per heavy atom. The van der Waals surface area contributed by atoms with E-state index < -0.39 is 11.7 Å². The molecule has 0 aromatic carbocycles. The fourth-order valence-corrected chi connectivity index (χ4v) is 1.98. The lowest BCUT2D eigenvalue weighted by Crippen LogP contribution is -2.50. The van der Waals surface area contributed by atoms with E-state index in [1.165, 1.54) is 12.3 Å². The van der Waals surface area contributed by atoms with Gasteiger partial charge in [0.05, 0.1) is 24.8 Å². The molecule has 0 aliphatic carbocycles. The van der Waals surface area contributed by atoms with Crippen molar-refractivity contribution < 1.29 is 17.9 Å². The van der Waals surface area contributed by atoms with Crippen LogP contribution in [0.15, 0.2) is 18.3 Å². The number of morpholine rings is 1. The molecule has 4 nitrogen and oxygen atoms in total. The van der Waals surface area contributed by atoms with E-state index in [-0.39, 0.29) is 18.4 Å². The molecule has 0 amide bonds. The van der Waals surface area contributed by atoms with E-state index in [2.05, 4.69) is 4.98 Å². The molecule has 1 aliphatic heterocycles. The molecule has 2 N–H and O–H groups in total. The molecule has 18 heavy (non-hydrogen) atoms. The van der Waals surface area contributed by atoms with Crippen molar-refractivity contribution in [3.63, 3.8) is 0 Å². The maximum Gasteiger partial charge on any atom is 0.419 e. The van der Waals surface area contributed by atoms with Gasteiger partial charge in [0, 0.05) is 19.3 Å². The van der Waals surface area contributed by atoms with Gasteiger partial charge in [-0.05, 0) is 12.1 Å². The van der Waals surface area contributed by atoms with E-state index in [1.54, 1.807) is 4.90 Å². The van der Waals surface area contributed by atoms with Gasteiger partial charge >= 0.3 is 6.18 Å². The molecule has 0 bridgehead atoms. The van der Waals surface area contributed by atoms with Gasteiger partial charge in [-0.2, -0.15) is 13.2 Å². The summed E-state index contributed by atoms with van der Waals surface area (Å²) in [4.78, 5) is 5.44. The molecule has 1 unspecified atom stereocenters. The lowest BCUT2D eigenvalue weighted by molar-refractivity contribution is -0.137. The molecule has 1 aliphatic rings. The van der Waals surface area contributed by atoms with Crippen molar-refractivity contribution in [2.24, 2.45) is 5.73 Å². The predicted octanol–water partition coefficient (Wildman–Crippen LogP) is 1.26. The third-order valence-corrected chi connectivity index (χ3v) is 2.86. The smallest absolute Gasteiger partial charge is 0.377 e. The summed E-state index contributed by atoms with van der Waals surface area (Å²) in [6.07, 6.45) is -3.06. The first-order chi connectivity index (χ1) is 8.54. The van der Waals surface area contributed by atoms with Crippen LogP contribution in [0.4, 0.5) is 19.0 Å². The van der Waals surface area contributed by atoms with Gasteiger partial charge in [-0.3, -0.25) is 0 Å².